The second-order valence-corrected chi connectivity index (χ2v) is 7.39. The first-order valence-electron chi connectivity index (χ1n) is 8.93. The van der Waals surface area contributed by atoms with Crippen molar-refractivity contribution >= 4 is 22.8 Å². The van der Waals surface area contributed by atoms with E-state index in [4.69, 9.17) is 4.98 Å². The molecule has 1 aliphatic rings. The molecule has 27 heavy (non-hydrogen) atoms. The topological polar surface area (TPSA) is 63.4 Å². The number of hydrogen-bond acceptors (Lipinski definition) is 5. The first kappa shape index (κ1) is 16.1. The van der Waals surface area contributed by atoms with Gasteiger partial charge in [0.05, 0.1) is 28.7 Å². The first-order chi connectivity index (χ1) is 13.3. The smallest absolute Gasteiger partial charge is 0.256 e. The Bertz CT molecular complexity index is 1110. The van der Waals surface area contributed by atoms with Gasteiger partial charge in [-0.2, -0.15) is 0 Å². The van der Waals surface area contributed by atoms with Gasteiger partial charge in [0.1, 0.15) is 10.7 Å². The van der Waals surface area contributed by atoms with E-state index < -0.39 is 0 Å². The SMILES string of the molecule is O=C(c1cc(-c2csc(-c3cnccn3)n2)n2ccccc12)N1CCCC1. The molecule has 134 valence electrons. The van der Waals surface area contributed by atoms with E-state index in [1.165, 1.54) is 11.3 Å². The Balaban J connectivity index is 1.60. The summed E-state index contributed by atoms with van der Waals surface area (Å²) in [6.45, 7) is 1.68. The van der Waals surface area contributed by atoms with Gasteiger partial charge in [-0.05, 0) is 31.0 Å². The Kier molecular flexibility index (Phi) is 3.94. The van der Waals surface area contributed by atoms with E-state index in [-0.39, 0.29) is 5.91 Å². The van der Waals surface area contributed by atoms with Crippen molar-refractivity contribution in [3.05, 3.63) is 60.0 Å². The van der Waals surface area contributed by atoms with Crippen LogP contribution in [0.2, 0.25) is 0 Å². The molecule has 0 atom stereocenters. The van der Waals surface area contributed by atoms with Crippen LogP contribution in [0.4, 0.5) is 0 Å². The van der Waals surface area contributed by atoms with Crippen molar-refractivity contribution < 1.29 is 4.79 Å². The van der Waals surface area contributed by atoms with Crippen molar-refractivity contribution in [2.75, 3.05) is 13.1 Å². The van der Waals surface area contributed by atoms with Gasteiger partial charge in [-0.25, -0.2) is 4.98 Å². The minimum atomic E-state index is 0.104. The second kappa shape index (κ2) is 6.59. The summed E-state index contributed by atoms with van der Waals surface area (Å²) < 4.78 is 2.04. The molecule has 0 N–H and O–H groups in total. The molecule has 7 heteroatoms. The number of carbonyl (C=O) groups is 1. The summed E-state index contributed by atoms with van der Waals surface area (Å²) >= 11 is 1.53. The van der Waals surface area contributed by atoms with E-state index in [1.807, 2.05) is 45.1 Å². The lowest BCUT2D eigenvalue weighted by Gasteiger charge is -2.14. The average Bonchev–Trinajstić information content (AvgIpc) is 3.47. The number of nitrogens with zero attached hydrogens (tertiary/aromatic N) is 5. The molecule has 0 radical (unpaired) electrons. The largest absolute Gasteiger partial charge is 0.339 e. The van der Waals surface area contributed by atoms with E-state index in [9.17, 15) is 4.79 Å². The molecule has 5 heterocycles. The summed E-state index contributed by atoms with van der Waals surface area (Å²) in [5.74, 6) is 0.104. The number of likely N-dealkylation sites (tertiary alicyclic amines) is 1. The highest BCUT2D eigenvalue weighted by Crippen LogP contribution is 2.31. The number of fused-ring (bicyclic) bond motifs is 1. The van der Waals surface area contributed by atoms with Crippen molar-refractivity contribution in [1.82, 2.24) is 24.3 Å². The predicted molar refractivity (Wildman–Crippen MR) is 105 cm³/mol. The fraction of sp³-hybridized carbons (Fsp3) is 0.200. The van der Waals surface area contributed by atoms with Gasteiger partial charge in [-0.3, -0.25) is 14.8 Å². The molecule has 4 aromatic rings. The minimum Gasteiger partial charge on any atom is -0.339 e. The lowest BCUT2D eigenvalue weighted by atomic mass is 10.2. The maximum atomic E-state index is 13.0. The van der Waals surface area contributed by atoms with Crippen molar-refractivity contribution in [1.29, 1.82) is 0 Å². The van der Waals surface area contributed by atoms with Gasteiger partial charge < -0.3 is 9.30 Å². The van der Waals surface area contributed by atoms with Gasteiger partial charge >= 0.3 is 0 Å². The monoisotopic (exact) mass is 375 g/mol. The van der Waals surface area contributed by atoms with E-state index in [2.05, 4.69) is 9.97 Å². The minimum absolute atomic E-state index is 0.104. The van der Waals surface area contributed by atoms with Crippen LogP contribution in [0.3, 0.4) is 0 Å². The van der Waals surface area contributed by atoms with Gasteiger partial charge in [0.2, 0.25) is 0 Å². The molecule has 0 aliphatic carbocycles. The van der Waals surface area contributed by atoms with Gasteiger partial charge in [0, 0.05) is 37.1 Å². The fourth-order valence-corrected chi connectivity index (χ4v) is 4.30. The van der Waals surface area contributed by atoms with Gasteiger partial charge in [-0.15, -0.1) is 11.3 Å². The fourth-order valence-electron chi connectivity index (χ4n) is 3.53. The van der Waals surface area contributed by atoms with Crippen LogP contribution < -0.4 is 0 Å². The maximum absolute atomic E-state index is 13.0. The third-order valence-electron chi connectivity index (χ3n) is 4.85. The lowest BCUT2D eigenvalue weighted by Crippen LogP contribution is -2.27. The third kappa shape index (κ3) is 2.80. The summed E-state index contributed by atoms with van der Waals surface area (Å²) in [6.07, 6.45) is 9.16. The molecular formula is C20H17N5OS. The van der Waals surface area contributed by atoms with Crippen molar-refractivity contribution in [2.45, 2.75) is 12.8 Å². The zero-order chi connectivity index (χ0) is 18.2. The third-order valence-corrected chi connectivity index (χ3v) is 5.71. The van der Waals surface area contributed by atoms with E-state index >= 15 is 0 Å². The Hall–Kier alpha value is -3.06. The molecule has 0 saturated carbocycles. The molecule has 1 aliphatic heterocycles. The molecule has 0 bridgehead atoms. The van der Waals surface area contributed by atoms with E-state index in [0.29, 0.717) is 0 Å². The van der Waals surface area contributed by atoms with Gasteiger partial charge in [-0.1, -0.05) is 6.07 Å². The molecular weight excluding hydrogens is 358 g/mol. The lowest BCUT2D eigenvalue weighted by molar-refractivity contribution is 0.0795. The van der Waals surface area contributed by atoms with Crippen LogP contribution >= 0.6 is 11.3 Å². The summed E-state index contributed by atoms with van der Waals surface area (Å²) in [5.41, 5.74) is 4.16. The van der Waals surface area contributed by atoms with E-state index in [1.54, 1.807) is 18.6 Å². The highest BCUT2D eigenvalue weighted by Gasteiger charge is 2.24. The number of thiazole rings is 1. The van der Waals surface area contributed by atoms with Crippen LogP contribution in [-0.2, 0) is 0 Å². The highest BCUT2D eigenvalue weighted by atomic mass is 32.1. The van der Waals surface area contributed by atoms with Crippen LogP contribution in [0.1, 0.15) is 23.2 Å². The maximum Gasteiger partial charge on any atom is 0.256 e. The number of carbonyl (C=O) groups excluding carboxylic acids is 1. The molecule has 0 aromatic carbocycles. The number of aromatic nitrogens is 4. The van der Waals surface area contributed by atoms with Crippen molar-refractivity contribution in [3.63, 3.8) is 0 Å². The standard InChI is InChI=1S/C20H17N5OS/c26-20(24-8-3-4-9-24)14-11-18(25-10-2-1-5-17(14)25)16-13-27-19(23-16)15-12-21-6-7-22-15/h1-2,5-7,10-13H,3-4,8-9H2. The summed E-state index contributed by atoms with van der Waals surface area (Å²) in [7, 11) is 0. The highest BCUT2D eigenvalue weighted by molar-refractivity contribution is 7.13. The Morgan fingerprint density at radius 2 is 2.00 bits per heavy atom. The van der Waals surface area contributed by atoms with Crippen LogP contribution in [0, 0.1) is 0 Å². The molecule has 1 amide bonds. The molecule has 1 saturated heterocycles. The molecule has 5 rings (SSSR count). The van der Waals surface area contributed by atoms with Crippen LogP contribution in [0.5, 0.6) is 0 Å². The van der Waals surface area contributed by atoms with Crippen LogP contribution in [0.15, 0.2) is 54.4 Å². The molecule has 4 aromatic heterocycles. The Labute approximate surface area is 160 Å². The number of amides is 1. The summed E-state index contributed by atoms with van der Waals surface area (Å²) in [4.78, 5) is 28.1. The molecule has 1 fully saturated rings. The Morgan fingerprint density at radius 3 is 2.81 bits per heavy atom. The number of pyridine rings is 1. The van der Waals surface area contributed by atoms with Crippen molar-refractivity contribution in [2.24, 2.45) is 0 Å². The normalized spacial score (nSPS) is 14.1. The summed E-state index contributed by atoms with van der Waals surface area (Å²) in [6, 6.07) is 7.89. The van der Waals surface area contributed by atoms with Crippen LogP contribution in [-0.4, -0.2) is 43.2 Å². The Morgan fingerprint density at radius 1 is 1.11 bits per heavy atom. The van der Waals surface area contributed by atoms with E-state index in [0.717, 1.165) is 59.1 Å². The average molecular weight is 375 g/mol. The molecule has 6 nitrogen and oxygen atoms in total. The van der Waals surface area contributed by atoms with Crippen molar-refractivity contribution in [3.8, 4) is 22.1 Å². The predicted octanol–water partition coefficient (Wildman–Crippen LogP) is 3.76. The molecule has 0 unspecified atom stereocenters. The second-order valence-electron chi connectivity index (χ2n) is 6.53. The number of hydrogen-bond donors (Lipinski definition) is 0. The zero-order valence-electron chi connectivity index (χ0n) is 14.6. The van der Waals surface area contributed by atoms with Crippen LogP contribution in [0.25, 0.3) is 27.6 Å². The van der Waals surface area contributed by atoms with Gasteiger partial charge in [0.25, 0.3) is 5.91 Å². The van der Waals surface area contributed by atoms with Gasteiger partial charge in [0.15, 0.2) is 0 Å². The molecule has 0 spiro atoms. The quantitative estimate of drug-likeness (QED) is 0.547. The zero-order valence-corrected chi connectivity index (χ0v) is 15.4. The number of rotatable bonds is 3. The summed E-state index contributed by atoms with van der Waals surface area (Å²) in [5, 5.41) is 2.82. The first-order valence-corrected chi connectivity index (χ1v) is 9.81.